The minimum atomic E-state index is 0.204. The Kier molecular flexibility index (Phi) is 2.03. The Hall–Kier alpha value is -1.28. The van der Waals surface area contributed by atoms with Gasteiger partial charge in [-0.25, -0.2) is 0 Å². The van der Waals surface area contributed by atoms with Crippen molar-refractivity contribution in [2.75, 3.05) is 0 Å². The molecule has 1 heterocycles. The third-order valence-corrected chi connectivity index (χ3v) is 3.41. The van der Waals surface area contributed by atoms with Crippen molar-refractivity contribution < 1.29 is 0 Å². The van der Waals surface area contributed by atoms with Crippen LogP contribution < -0.4 is 5.73 Å². The monoisotopic (exact) mass is 200 g/mol. The number of H-pyrrole nitrogens is 1. The van der Waals surface area contributed by atoms with Gasteiger partial charge in [-0.3, -0.25) is 0 Å². The van der Waals surface area contributed by atoms with Crippen LogP contribution in [0.3, 0.4) is 0 Å². The summed E-state index contributed by atoms with van der Waals surface area (Å²) in [6.45, 7) is 0. The first-order chi connectivity index (χ1) is 7.36. The lowest BCUT2D eigenvalue weighted by atomic mass is 10.1. The summed E-state index contributed by atoms with van der Waals surface area (Å²) in [4.78, 5) is 3.48. The Labute approximate surface area is 89.5 Å². The first-order valence-electron chi connectivity index (χ1n) is 5.71. The number of aromatic nitrogens is 1. The third kappa shape index (κ3) is 1.37. The molecule has 1 unspecified atom stereocenters. The molecule has 1 aromatic heterocycles. The van der Waals surface area contributed by atoms with E-state index >= 15 is 0 Å². The fourth-order valence-corrected chi connectivity index (χ4v) is 2.62. The van der Waals surface area contributed by atoms with Gasteiger partial charge in [0.2, 0.25) is 0 Å². The maximum Gasteiger partial charge on any atom is 0.0459 e. The van der Waals surface area contributed by atoms with E-state index in [0.717, 1.165) is 6.42 Å². The topological polar surface area (TPSA) is 41.8 Å². The predicted molar refractivity (Wildman–Crippen MR) is 62.8 cm³/mol. The zero-order chi connectivity index (χ0) is 10.3. The molecule has 0 amide bonds. The van der Waals surface area contributed by atoms with E-state index in [2.05, 4.69) is 29.2 Å². The molecule has 2 aromatic rings. The summed E-state index contributed by atoms with van der Waals surface area (Å²) in [5.74, 6) is 0. The number of para-hydroxylation sites is 1. The number of fused-ring (bicyclic) bond motifs is 3. The number of benzene rings is 1. The fourth-order valence-electron chi connectivity index (χ4n) is 2.62. The number of rotatable bonds is 0. The average Bonchev–Trinajstić information content (AvgIpc) is 2.54. The van der Waals surface area contributed by atoms with Gasteiger partial charge in [-0.2, -0.15) is 0 Å². The molecule has 1 aliphatic rings. The van der Waals surface area contributed by atoms with E-state index in [1.165, 1.54) is 41.4 Å². The van der Waals surface area contributed by atoms with Crippen LogP contribution in [-0.4, -0.2) is 4.98 Å². The van der Waals surface area contributed by atoms with Crippen molar-refractivity contribution in [1.82, 2.24) is 4.98 Å². The summed E-state index contributed by atoms with van der Waals surface area (Å²) >= 11 is 0. The average molecular weight is 200 g/mol. The van der Waals surface area contributed by atoms with Crippen molar-refractivity contribution in [3.8, 4) is 0 Å². The Morgan fingerprint density at radius 1 is 1.20 bits per heavy atom. The highest BCUT2D eigenvalue weighted by atomic mass is 14.8. The zero-order valence-corrected chi connectivity index (χ0v) is 8.79. The summed E-state index contributed by atoms with van der Waals surface area (Å²) in [7, 11) is 0. The molecular weight excluding hydrogens is 184 g/mol. The van der Waals surface area contributed by atoms with Gasteiger partial charge in [0.15, 0.2) is 0 Å². The van der Waals surface area contributed by atoms with Crippen molar-refractivity contribution in [1.29, 1.82) is 0 Å². The van der Waals surface area contributed by atoms with Crippen molar-refractivity contribution >= 4 is 10.9 Å². The van der Waals surface area contributed by atoms with Crippen LogP contribution in [-0.2, 0) is 6.42 Å². The van der Waals surface area contributed by atoms with Crippen LogP contribution in [0.25, 0.3) is 10.9 Å². The summed E-state index contributed by atoms with van der Waals surface area (Å²) in [5, 5.41) is 1.37. The van der Waals surface area contributed by atoms with Crippen molar-refractivity contribution in [3.05, 3.63) is 35.5 Å². The molecule has 2 nitrogen and oxygen atoms in total. The number of hydrogen-bond acceptors (Lipinski definition) is 1. The van der Waals surface area contributed by atoms with Gasteiger partial charge in [0, 0.05) is 22.6 Å². The van der Waals surface area contributed by atoms with Crippen LogP contribution in [0, 0.1) is 0 Å². The molecule has 15 heavy (non-hydrogen) atoms. The van der Waals surface area contributed by atoms with E-state index in [1.54, 1.807) is 0 Å². The van der Waals surface area contributed by atoms with Crippen LogP contribution in [0.2, 0.25) is 0 Å². The summed E-state index contributed by atoms with van der Waals surface area (Å²) in [5.41, 5.74) is 10.1. The quantitative estimate of drug-likeness (QED) is 0.631. The Morgan fingerprint density at radius 2 is 2.07 bits per heavy atom. The number of hydrogen-bond donors (Lipinski definition) is 2. The van der Waals surface area contributed by atoms with Gasteiger partial charge in [0.25, 0.3) is 0 Å². The molecule has 0 aliphatic heterocycles. The molecular formula is C13H16N2. The number of aromatic amines is 1. The van der Waals surface area contributed by atoms with Crippen molar-refractivity contribution in [3.63, 3.8) is 0 Å². The minimum absolute atomic E-state index is 0.204. The van der Waals surface area contributed by atoms with Gasteiger partial charge in [-0.1, -0.05) is 24.6 Å². The maximum atomic E-state index is 6.18. The fraction of sp³-hybridized carbons (Fsp3) is 0.385. The molecule has 0 saturated carbocycles. The molecule has 0 saturated heterocycles. The van der Waals surface area contributed by atoms with E-state index in [-0.39, 0.29) is 6.04 Å². The molecule has 0 bridgehead atoms. The second-order valence-corrected chi connectivity index (χ2v) is 4.42. The van der Waals surface area contributed by atoms with Gasteiger partial charge in [-0.15, -0.1) is 0 Å². The Morgan fingerprint density at radius 3 is 3.00 bits per heavy atom. The van der Waals surface area contributed by atoms with Gasteiger partial charge in [0.1, 0.15) is 0 Å². The summed E-state index contributed by atoms with van der Waals surface area (Å²) < 4.78 is 0. The molecule has 0 fully saturated rings. The first kappa shape index (κ1) is 8.98. The lowest BCUT2D eigenvalue weighted by Crippen LogP contribution is -2.10. The Balaban J connectivity index is 2.26. The van der Waals surface area contributed by atoms with E-state index in [0.29, 0.717) is 0 Å². The molecule has 0 spiro atoms. The standard InChI is InChI=1S/C13H16N2/c14-11-7-3-1-6-10-9-5-2-4-8-12(9)15-13(10)11/h2,4-5,8,11,15H,1,3,6-7,14H2. The maximum absolute atomic E-state index is 6.18. The molecule has 3 rings (SSSR count). The minimum Gasteiger partial charge on any atom is -0.357 e. The van der Waals surface area contributed by atoms with Gasteiger partial charge in [0.05, 0.1) is 0 Å². The van der Waals surface area contributed by atoms with Gasteiger partial charge >= 0.3 is 0 Å². The van der Waals surface area contributed by atoms with E-state index < -0.39 is 0 Å². The van der Waals surface area contributed by atoms with Gasteiger partial charge < -0.3 is 10.7 Å². The van der Waals surface area contributed by atoms with E-state index in [1.807, 2.05) is 0 Å². The number of aryl methyl sites for hydroxylation is 1. The van der Waals surface area contributed by atoms with Crippen LogP contribution >= 0.6 is 0 Å². The smallest absolute Gasteiger partial charge is 0.0459 e. The molecule has 0 radical (unpaired) electrons. The van der Waals surface area contributed by atoms with E-state index in [4.69, 9.17) is 5.73 Å². The predicted octanol–water partition coefficient (Wildman–Crippen LogP) is 2.89. The highest BCUT2D eigenvalue weighted by Crippen LogP contribution is 2.32. The van der Waals surface area contributed by atoms with Crippen LogP contribution in [0.15, 0.2) is 24.3 Å². The highest BCUT2D eigenvalue weighted by molar-refractivity contribution is 5.84. The van der Waals surface area contributed by atoms with Crippen LogP contribution in [0.5, 0.6) is 0 Å². The molecule has 2 heteroatoms. The zero-order valence-electron chi connectivity index (χ0n) is 8.79. The molecule has 1 aliphatic carbocycles. The Bertz CT molecular complexity index is 484. The summed E-state index contributed by atoms with van der Waals surface area (Å²) in [6.07, 6.45) is 4.80. The highest BCUT2D eigenvalue weighted by Gasteiger charge is 2.19. The molecule has 1 aromatic carbocycles. The lowest BCUT2D eigenvalue weighted by Gasteiger charge is -2.07. The normalized spacial score (nSPS) is 21.3. The van der Waals surface area contributed by atoms with Gasteiger partial charge in [-0.05, 0) is 30.9 Å². The lowest BCUT2D eigenvalue weighted by molar-refractivity contribution is 0.606. The molecule has 3 N–H and O–H groups in total. The second kappa shape index (κ2) is 3.38. The molecule has 1 atom stereocenters. The largest absolute Gasteiger partial charge is 0.357 e. The van der Waals surface area contributed by atoms with Crippen LogP contribution in [0.4, 0.5) is 0 Å². The van der Waals surface area contributed by atoms with Crippen LogP contribution in [0.1, 0.15) is 36.6 Å². The van der Waals surface area contributed by atoms with E-state index in [9.17, 15) is 0 Å². The number of nitrogens with two attached hydrogens (primary N) is 1. The number of nitrogens with one attached hydrogen (secondary N) is 1. The second-order valence-electron chi connectivity index (χ2n) is 4.42. The van der Waals surface area contributed by atoms with Crippen molar-refractivity contribution in [2.24, 2.45) is 5.73 Å². The van der Waals surface area contributed by atoms with Crippen molar-refractivity contribution in [2.45, 2.75) is 31.7 Å². The molecule has 78 valence electrons. The first-order valence-corrected chi connectivity index (χ1v) is 5.71. The third-order valence-electron chi connectivity index (χ3n) is 3.41. The SMILES string of the molecule is NC1CCCCc2c1[nH]c1ccccc21. The summed E-state index contributed by atoms with van der Waals surface area (Å²) in [6, 6.07) is 8.71.